The van der Waals surface area contributed by atoms with Gasteiger partial charge in [-0.1, -0.05) is 20.3 Å². The number of anilines is 1. The van der Waals surface area contributed by atoms with E-state index < -0.39 is 0 Å². The van der Waals surface area contributed by atoms with Gasteiger partial charge in [-0.05, 0) is 18.9 Å². The maximum atomic E-state index is 12.5. The number of carbonyl (C=O) groups excluding carboxylic acids is 2. The Hall–Kier alpha value is -2.37. The van der Waals surface area contributed by atoms with Crippen LogP contribution in [0.1, 0.15) is 43.5 Å². The van der Waals surface area contributed by atoms with Crippen molar-refractivity contribution in [3.05, 3.63) is 24.0 Å². The number of rotatable bonds is 6. The monoisotopic (exact) mass is 302 g/mol. The molecule has 0 fully saturated rings. The summed E-state index contributed by atoms with van der Waals surface area (Å²) in [6, 6.07) is 1.67. The lowest BCUT2D eigenvalue weighted by molar-refractivity contribution is 0.112. The maximum absolute atomic E-state index is 12.5. The molecule has 2 aromatic heterocycles. The minimum absolute atomic E-state index is 0.0316. The van der Waals surface area contributed by atoms with Crippen molar-refractivity contribution in [1.82, 2.24) is 15.3 Å². The molecule has 0 saturated carbocycles. The standard InChI is InChI=1S/C16H22N4O2/c1-4-6-12(5-2)20(16(22)17-3)14-11(10-21)9-19-15-13(14)7-8-18-15/h7-10,12H,4-6H2,1-3H3,(H,17,22)(H,18,19). The molecule has 1 atom stereocenters. The number of hydrogen-bond acceptors (Lipinski definition) is 3. The van der Waals surface area contributed by atoms with E-state index in [0.29, 0.717) is 16.9 Å². The number of urea groups is 1. The van der Waals surface area contributed by atoms with Crippen molar-refractivity contribution in [3.63, 3.8) is 0 Å². The number of nitrogens with zero attached hydrogens (tertiary/aromatic N) is 2. The number of amides is 2. The van der Waals surface area contributed by atoms with Crippen LogP contribution >= 0.6 is 0 Å². The highest BCUT2D eigenvalue weighted by atomic mass is 16.2. The lowest BCUT2D eigenvalue weighted by Crippen LogP contribution is -2.45. The summed E-state index contributed by atoms with van der Waals surface area (Å²) in [5.41, 5.74) is 1.71. The summed E-state index contributed by atoms with van der Waals surface area (Å²) in [5, 5.41) is 3.47. The van der Waals surface area contributed by atoms with Crippen LogP contribution in [0, 0.1) is 0 Å². The van der Waals surface area contributed by atoms with Crippen LogP contribution in [-0.2, 0) is 0 Å². The average Bonchev–Trinajstić information content (AvgIpc) is 3.02. The molecule has 0 radical (unpaired) electrons. The Morgan fingerprint density at radius 1 is 1.50 bits per heavy atom. The highest BCUT2D eigenvalue weighted by molar-refractivity contribution is 6.07. The molecule has 22 heavy (non-hydrogen) atoms. The number of carbonyl (C=O) groups is 2. The van der Waals surface area contributed by atoms with Crippen molar-refractivity contribution in [2.45, 2.75) is 39.2 Å². The number of hydrogen-bond donors (Lipinski definition) is 2. The molecule has 0 bridgehead atoms. The van der Waals surface area contributed by atoms with Crippen LogP contribution in [0.15, 0.2) is 18.5 Å². The van der Waals surface area contributed by atoms with Gasteiger partial charge >= 0.3 is 6.03 Å². The first kappa shape index (κ1) is 16.0. The van der Waals surface area contributed by atoms with Gasteiger partial charge in [0, 0.05) is 30.9 Å². The Morgan fingerprint density at radius 2 is 2.27 bits per heavy atom. The van der Waals surface area contributed by atoms with Gasteiger partial charge < -0.3 is 10.3 Å². The van der Waals surface area contributed by atoms with Gasteiger partial charge in [0.05, 0.1) is 11.3 Å². The first-order valence-electron chi connectivity index (χ1n) is 7.60. The molecular weight excluding hydrogens is 280 g/mol. The number of fused-ring (bicyclic) bond motifs is 1. The van der Waals surface area contributed by atoms with E-state index >= 15 is 0 Å². The third-order valence-corrected chi connectivity index (χ3v) is 3.85. The number of aromatic nitrogens is 2. The zero-order chi connectivity index (χ0) is 16.1. The molecule has 1 unspecified atom stereocenters. The van der Waals surface area contributed by atoms with Crippen molar-refractivity contribution in [2.75, 3.05) is 11.9 Å². The van der Waals surface area contributed by atoms with E-state index in [0.717, 1.165) is 30.9 Å². The largest absolute Gasteiger partial charge is 0.346 e. The van der Waals surface area contributed by atoms with Crippen LogP contribution in [0.5, 0.6) is 0 Å². The maximum Gasteiger partial charge on any atom is 0.321 e. The predicted molar refractivity (Wildman–Crippen MR) is 87.4 cm³/mol. The Bertz CT molecular complexity index is 665. The van der Waals surface area contributed by atoms with Crippen LogP contribution < -0.4 is 10.2 Å². The molecular formula is C16H22N4O2. The Kier molecular flexibility index (Phi) is 5.14. The fourth-order valence-electron chi connectivity index (χ4n) is 2.78. The number of aldehydes is 1. The molecule has 0 aromatic carbocycles. The molecule has 6 nitrogen and oxygen atoms in total. The molecule has 0 saturated heterocycles. The molecule has 0 aliphatic carbocycles. The van der Waals surface area contributed by atoms with Gasteiger partial charge in [0.2, 0.25) is 0 Å². The Labute approximate surface area is 129 Å². The summed E-state index contributed by atoms with van der Waals surface area (Å²) in [6.45, 7) is 4.14. The third-order valence-electron chi connectivity index (χ3n) is 3.85. The van der Waals surface area contributed by atoms with Gasteiger partial charge in [-0.25, -0.2) is 9.78 Å². The van der Waals surface area contributed by atoms with Crippen LogP contribution in [0.3, 0.4) is 0 Å². The van der Waals surface area contributed by atoms with Crippen molar-refractivity contribution in [3.8, 4) is 0 Å². The summed E-state index contributed by atoms with van der Waals surface area (Å²) in [5.74, 6) is 0. The number of aromatic amines is 1. The quantitative estimate of drug-likeness (QED) is 0.805. The molecule has 2 rings (SSSR count). The highest BCUT2D eigenvalue weighted by Crippen LogP contribution is 2.31. The molecule has 2 N–H and O–H groups in total. The summed E-state index contributed by atoms with van der Waals surface area (Å²) in [7, 11) is 1.60. The summed E-state index contributed by atoms with van der Waals surface area (Å²) in [6.07, 6.45) is 6.67. The fraction of sp³-hybridized carbons (Fsp3) is 0.438. The van der Waals surface area contributed by atoms with E-state index in [9.17, 15) is 9.59 Å². The van der Waals surface area contributed by atoms with E-state index in [-0.39, 0.29) is 12.1 Å². The van der Waals surface area contributed by atoms with E-state index in [1.165, 1.54) is 6.20 Å². The van der Waals surface area contributed by atoms with Gasteiger partial charge in [0.15, 0.2) is 6.29 Å². The lowest BCUT2D eigenvalue weighted by atomic mass is 10.0. The SMILES string of the molecule is CCCC(CC)N(C(=O)NC)c1c(C=O)cnc2[nH]ccc12. The first-order chi connectivity index (χ1) is 10.7. The predicted octanol–water partition coefficient (Wildman–Crippen LogP) is 3.10. The number of nitrogens with one attached hydrogen (secondary N) is 2. The van der Waals surface area contributed by atoms with E-state index in [2.05, 4.69) is 22.2 Å². The Balaban J connectivity index is 2.67. The van der Waals surface area contributed by atoms with Crippen LogP contribution in [0.4, 0.5) is 10.5 Å². The second-order valence-corrected chi connectivity index (χ2v) is 5.20. The van der Waals surface area contributed by atoms with Crippen molar-refractivity contribution >= 4 is 29.0 Å². The van der Waals surface area contributed by atoms with Crippen molar-refractivity contribution in [2.24, 2.45) is 0 Å². The van der Waals surface area contributed by atoms with Gasteiger partial charge in [0.1, 0.15) is 5.65 Å². The minimum atomic E-state index is -0.211. The second kappa shape index (κ2) is 7.06. The van der Waals surface area contributed by atoms with Gasteiger partial charge in [-0.2, -0.15) is 0 Å². The normalized spacial score (nSPS) is 12.1. The summed E-state index contributed by atoms with van der Waals surface area (Å²) >= 11 is 0. The molecule has 2 amide bonds. The van der Waals surface area contributed by atoms with Gasteiger partial charge in [-0.3, -0.25) is 9.69 Å². The third kappa shape index (κ3) is 2.81. The topological polar surface area (TPSA) is 78.1 Å². The summed E-state index contributed by atoms with van der Waals surface area (Å²) < 4.78 is 0. The van der Waals surface area contributed by atoms with Crippen LogP contribution in [0.2, 0.25) is 0 Å². The minimum Gasteiger partial charge on any atom is -0.346 e. The fourth-order valence-corrected chi connectivity index (χ4v) is 2.78. The second-order valence-electron chi connectivity index (χ2n) is 5.20. The lowest BCUT2D eigenvalue weighted by Gasteiger charge is -2.32. The molecule has 0 aliphatic heterocycles. The zero-order valence-electron chi connectivity index (χ0n) is 13.2. The van der Waals surface area contributed by atoms with E-state index in [4.69, 9.17) is 0 Å². The molecule has 0 spiro atoms. The van der Waals surface area contributed by atoms with Crippen molar-refractivity contribution in [1.29, 1.82) is 0 Å². The number of pyridine rings is 1. The van der Waals surface area contributed by atoms with Gasteiger partial charge in [0.25, 0.3) is 0 Å². The first-order valence-corrected chi connectivity index (χ1v) is 7.60. The smallest absolute Gasteiger partial charge is 0.321 e. The molecule has 0 aliphatic rings. The molecule has 118 valence electrons. The van der Waals surface area contributed by atoms with Crippen LogP contribution in [-0.4, -0.2) is 35.4 Å². The molecule has 6 heteroatoms. The molecule has 2 heterocycles. The van der Waals surface area contributed by atoms with Crippen molar-refractivity contribution < 1.29 is 9.59 Å². The number of H-pyrrole nitrogens is 1. The van der Waals surface area contributed by atoms with E-state index in [1.54, 1.807) is 18.1 Å². The molecule has 2 aromatic rings. The highest BCUT2D eigenvalue weighted by Gasteiger charge is 2.27. The van der Waals surface area contributed by atoms with Crippen LogP contribution in [0.25, 0.3) is 11.0 Å². The average molecular weight is 302 g/mol. The van der Waals surface area contributed by atoms with E-state index in [1.807, 2.05) is 13.0 Å². The van der Waals surface area contributed by atoms with Gasteiger partial charge in [-0.15, -0.1) is 0 Å². The zero-order valence-corrected chi connectivity index (χ0v) is 13.2. The summed E-state index contributed by atoms with van der Waals surface area (Å²) in [4.78, 5) is 32.9. The Morgan fingerprint density at radius 3 is 2.86 bits per heavy atom.